The normalized spacial score (nSPS) is 10.8. The molecule has 0 N–H and O–H groups in total. The highest BCUT2D eigenvalue weighted by Gasteiger charge is 2.02. The fourth-order valence-electron chi connectivity index (χ4n) is 1.61. The zero-order valence-electron chi connectivity index (χ0n) is 8.34. The highest BCUT2D eigenvalue weighted by atomic mass is 127. The Bertz CT molecular complexity index is 631. The Labute approximate surface area is 106 Å². The van der Waals surface area contributed by atoms with Crippen LogP contribution in [0.1, 0.15) is 0 Å². The maximum Gasteiger partial charge on any atom is 0.0938 e. The number of pyridine rings is 1. The van der Waals surface area contributed by atoms with Crippen LogP contribution in [-0.4, -0.2) is 14.8 Å². The minimum atomic E-state index is 0.980. The first-order valence-corrected chi connectivity index (χ1v) is 5.96. The van der Waals surface area contributed by atoms with Crippen molar-refractivity contribution in [1.29, 1.82) is 0 Å². The van der Waals surface area contributed by atoms with E-state index in [1.807, 2.05) is 23.0 Å². The van der Waals surface area contributed by atoms with Gasteiger partial charge in [0.25, 0.3) is 0 Å². The second-order valence-electron chi connectivity index (χ2n) is 3.49. The van der Waals surface area contributed by atoms with Gasteiger partial charge < -0.3 is 0 Å². The number of benzene rings is 1. The van der Waals surface area contributed by atoms with Gasteiger partial charge in [-0.1, -0.05) is 6.07 Å². The van der Waals surface area contributed by atoms with Gasteiger partial charge in [-0.25, -0.2) is 4.68 Å². The summed E-state index contributed by atoms with van der Waals surface area (Å²) in [6, 6.07) is 10.1. The molecule has 0 saturated carbocycles. The average Bonchev–Trinajstić information content (AvgIpc) is 2.73. The fraction of sp³-hybridized carbons (Fsp3) is 0. The summed E-state index contributed by atoms with van der Waals surface area (Å²) < 4.78 is 3.05. The van der Waals surface area contributed by atoms with Crippen molar-refractivity contribution in [1.82, 2.24) is 14.8 Å². The first kappa shape index (κ1) is 9.77. The van der Waals surface area contributed by atoms with Crippen LogP contribution in [0.25, 0.3) is 16.6 Å². The molecule has 16 heavy (non-hydrogen) atoms. The molecule has 0 radical (unpaired) electrons. The van der Waals surface area contributed by atoms with Gasteiger partial charge in [0.1, 0.15) is 0 Å². The quantitative estimate of drug-likeness (QED) is 0.645. The van der Waals surface area contributed by atoms with Crippen molar-refractivity contribution >= 4 is 33.5 Å². The Hall–Kier alpha value is -1.43. The highest BCUT2D eigenvalue weighted by molar-refractivity contribution is 14.1. The first-order chi connectivity index (χ1) is 7.83. The maximum absolute atomic E-state index is 4.52. The van der Waals surface area contributed by atoms with Crippen molar-refractivity contribution in [3.05, 3.63) is 52.5 Å². The molecule has 3 rings (SSSR count). The van der Waals surface area contributed by atoms with E-state index in [2.05, 4.69) is 50.9 Å². The van der Waals surface area contributed by atoms with Gasteiger partial charge in [-0.3, -0.25) is 4.98 Å². The summed E-state index contributed by atoms with van der Waals surface area (Å²) in [6.45, 7) is 0. The summed E-state index contributed by atoms with van der Waals surface area (Å²) in [5, 5.41) is 5.66. The van der Waals surface area contributed by atoms with E-state index in [0.29, 0.717) is 0 Å². The topological polar surface area (TPSA) is 30.7 Å². The van der Waals surface area contributed by atoms with E-state index in [4.69, 9.17) is 0 Å². The molecule has 4 heteroatoms. The molecule has 3 nitrogen and oxygen atoms in total. The summed E-state index contributed by atoms with van der Waals surface area (Å²) in [6.07, 6.45) is 5.58. The summed E-state index contributed by atoms with van der Waals surface area (Å²) >= 11 is 2.29. The van der Waals surface area contributed by atoms with Gasteiger partial charge in [0.15, 0.2) is 0 Å². The number of aromatic nitrogens is 3. The van der Waals surface area contributed by atoms with E-state index in [9.17, 15) is 0 Å². The van der Waals surface area contributed by atoms with Crippen molar-refractivity contribution in [2.24, 2.45) is 0 Å². The van der Waals surface area contributed by atoms with Crippen molar-refractivity contribution < 1.29 is 0 Å². The van der Waals surface area contributed by atoms with Crippen LogP contribution in [-0.2, 0) is 0 Å². The van der Waals surface area contributed by atoms with Gasteiger partial charge in [0, 0.05) is 21.4 Å². The van der Waals surface area contributed by atoms with E-state index < -0.39 is 0 Å². The molecular formula is C12H8IN3. The third-order valence-electron chi connectivity index (χ3n) is 2.38. The van der Waals surface area contributed by atoms with Crippen LogP contribution in [0.2, 0.25) is 0 Å². The number of nitrogens with zero attached hydrogens (tertiary/aromatic N) is 3. The number of fused-ring (bicyclic) bond motifs is 1. The molecule has 0 aliphatic rings. The van der Waals surface area contributed by atoms with Crippen LogP contribution in [0, 0.1) is 3.57 Å². The molecule has 3 aromatic rings. The second-order valence-corrected chi connectivity index (χ2v) is 4.73. The largest absolute Gasteiger partial charge is 0.262 e. The van der Waals surface area contributed by atoms with Crippen molar-refractivity contribution in [2.45, 2.75) is 0 Å². The van der Waals surface area contributed by atoms with Gasteiger partial charge in [0.05, 0.1) is 17.4 Å². The molecule has 2 aromatic heterocycles. The van der Waals surface area contributed by atoms with E-state index in [0.717, 1.165) is 16.6 Å². The SMILES string of the molecule is Ic1ccc2cn(-c3cccnc3)nc2c1. The predicted octanol–water partition coefficient (Wildman–Crippen LogP) is 3.03. The lowest BCUT2D eigenvalue weighted by atomic mass is 10.3. The van der Waals surface area contributed by atoms with Crippen LogP contribution >= 0.6 is 22.6 Å². The molecule has 0 aliphatic carbocycles. The van der Waals surface area contributed by atoms with Crippen LogP contribution in [0.3, 0.4) is 0 Å². The number of hydrogen-bond donors (Lipinski definition) is 0. The van der Waals surface area contributed by atoms with Crippen molar-refractivity contribution in [2.75, 3.05) is 0 Å². The monoisotopic (exact) mass is 321 g/mol. The van der Waals surface area contributed by atoms with Gasteiger partial charge in [0.2, 0.25) is 0 Å². The highest BCUT2D eigenvalue weighted by Crippen LogP contribution is 2.17. The summed E-state index contributed by atoms with van der Waals surface area (Å²) in [4.78, 5) is 4.09. The molecule has 78 valence electrons. The predicted molar refractivity (Wildman–Crippen MR) is 71.6 cm³/mol. The molecule has 0 amide bonds. The molecule has 0 spiro atoms. The summed E-state index contributed by atoms with van der Waals surface area (Å²) in [7, 11) is 0. The fourth-order valence-corrected chi connectivity index (χ4v) is 2.09. The molecule has 0 atom stereocenters. The van der Waals surface area contributed by atoms with Gasteiger partial charge in [-0.2, -0.15) is 5.10 Å². The molecule has 0 aliphatic heterocycles. The van der Waals surface area contributed by atoms with Gasteiger partial charge >= 0.3 is 0 Å². The van der Waals surface area contributed by atoms with Gasteiger partial charge in [-0.05, 0) is 46.9 Å². The Morgan fingerprint density at radius 1 is 1.19 bits per heavy atom. The molecule has 0 saturated heterocycles. The standard InChI is InChI=1S/C12H8IN3/c13-10-4-3-9-8-16(15-12(9)6-10)11-2-1-5-14-7-11/h1-8H. The Morgan fingerprint density at radius 3 is 2.94 bits per heavy atom. The number of hydrogen-bond acceptors (Lipinski definition) is 2. The smallest absolute Gasteiger partial charge is 0.0938 e. The Morgan fingerprint density at radius 2 is 2.12 bits per heavy atom. The number of rotatable bonds is 1. The van der Waals surface area contributed by atoms with Crippen molar-refractivity contribution in [3.8, 4) is 5.69 Å². The Kier molecular flexibility index (Phi) is 2.36. The molecule has 0 unspecified atom stereocenters. The minimum absolute atomic E-state index is 0.980. The zero-order valence-corrected chi connectivity index (χ0v) is 10.5. The molecular weight excluding hydrogens is 313 g/mol. The van der Waals surface area contributed by atoms with Crippen molar-refractivity contribution in [3.63, 3.8) is 0 Å². The van der Waals surface area contributed by atoms with Crippen LogP contribution in [0.15, 0.2) is 48.9 Å². The van der Waals surface area contributed by atoms with E-state index in [1.165, 1.54) is 3.57 Å². The van der Waals surface area contributed by atoms with E-state index in [1.54, 1.807) is 12.4 Å². The first-order valence-electron chi connectivity index (χ1n) is 4.88. The molecule has 0 fully saturated rings. The molecule has 1 aromatic carbocycles. The third-order valence-corrected chi connectivity index (χ3v) is 3.05. The van der Waals surface area contributed by atoms with Crippen LogP contribution in [0.4, 0.5) is 0 Å². The second kappa shape index (κ2) is 3.86. The van der Waals surface area contributed by atoms with Gasteiger partial charge in [-0.15, -0.1) is 0 Å². The lowest BCUT2D eigenvalue weighted by Gasteiger charge is -1.97. The number of halogens is 1. The van der Waals surface area contributed by atoms with E-state index >= 15 is 0 Å². The lowest BCUT2D eigenvalue weighted by Crippen LogP contribution is -1.93. The maximum atomic E-state index is 4.52. The van der Waals surface area contributed by atoms with Crippen LogP contribution in [0.5, 0.6) is 0 Å². The van der Waals surface area contributed by atoms with Crippen LogP contribution < -0.4 is 0 Å². The van der Waals surface area contributed by atoms with E-state index in [-0.39, 0.29) is 0 Å². The average molecular weight is 321 g/mol. The zero-order chi connectivity index (χ0) is 11.0. The summed E-state index contributed by atoms with van der Waals surface area (Å²) in [5.74, 6) is 0. The lowest BCUT2D eigenvalue weighted by molar-refractivity contribution is 0.889. The molecule has 2 heterocycles. The summed E-state index contributed by atoms with van der Waals surface area (Å²) in [5.41, 5.74) is 1.99. The molecule has 0 bridgehead atoms. The third kappa shape index (κ3) is 1.69. The Balaban J connectivity index is 2.19. The minimum Gasteiger partial charge on any atom is -0.262 e.